The summed E-state index contributed by atoms with van der Waals surface area (Å²) in [6.45, 7) is 1.84. The van der Waals surface area contributed by atoms with E-state index in [4.69, 9.17) is 4.74 Å². The van der Waals surface area contributed by atoms with Gasteiger partial charge in [0.1, 0.15) is 17.6 Å². The Bertz CT molecular complexity index is 1040. The van der Waals surface area contributed by atoms with Gasteiger partial charge in [0.25, 0.3) is 5.91 Å². The lowest BCUT2D eigenvalue weighted by Gasteiger charge is -2.31. The summed E-state index contributed by atoms with van der Waals surface area (Å²) in [7, 11) is 1.55. The molecule has 0 radical (unpaired) electrons. The molecule has 3 rings (SSSR count). The Morgan fingerprint density at radius 2 is 1.59 bits per heavy atom. The summed E-state index contributed by atoms with van der Waals surface area (Å²) in [5, 5.41) is 2.66. The molecule has 0 aromatic heterocycles. The van der Waals surface area contributed by atoms with Crippen molar-refractivity contribution in [3.05, 3.63) is 101 Å². The minimum Gasteiger partial charge on any atom is -0.484 e. The highest BCUT2D eigenvalue weighted by molar-refractivity contribution is 5.88. The number of hydrogen-bond acceptors (Lipinski definition) is 3. The number of para-hydroxylation sites is 1. The lowest BCUT2D eigenvalue weighted by Crippen LogP contribution is -2.51. The van der Waals surface area contributed by atoms with Crippen LogP contribution in [0.2, 0.25) is 0 Å². The summed E-state index contributed by atoms with van der Waals surface area (Å²) in [6.07, 6.45) is 0.345. The van der Waals surface area contributed by atoms with Crippen molar-refractivity contribution in [2.45, 2.75) is 25.9 Å². The van der Waals surface area contributed by atoms with Crippen molar-refractivity contribution in [3.8, 4) is 5.75 Å². The predicted octanol–water partition coefficient (Wildman–Crippen LogP) is 3.90. The number of benzene rings is 3. The van der Waals surface area contributed by atoms with Gasteiger partial charge in [-0.15, -0.1) is 0 Å². The Balaban J connectivity index is 1.87. The Labute approximate surface area is 187 Å². The van der Waals surface area contributed by atoms with Gasteiger partial charge in [0, 0.05) is 20.0 Å². The van der Waals surface area contributed by atoms with Crippen LogP contribution in [0.1, 0.15) is 16.7 Å². The molecule has 32 heavy (non-hydrogen) atoms. The molecule has 1 atom stereocenters. The largest absolute Gasteiger partial charge is 0.484 e. The van der Waals surface area contributed by atoms with Gasteiger partial charge in [-0.1, -0.05) is 60.7 Å². The highest BCUT2D eigenvalue weighted by Crippen LogP contribution is 2.18. The average Bonchev–Trinajstić information content (AvgIpc) is 2.82. The van der Waals surface area contributed by atoms with Crippen molar-refractivity contribution >= 4 is 11.8 Å². The molecule has 0 spiro atoms. The number of carbonyl (C=O) groups excluding carboxylic acids is 2. The second kappa shape index (κ2) is 11.1. The molecule has 0 fully saturated rings. The Kier molecular flexibility index (Phi) is 7.97. The molecule has 0 saturated heterocycles. The second-order valence-corrected chi connectivity index (χ2v) is 7.52. The highest BCUT2D eigenvalue weighted by atomic mass is 19.1. The molecule has 166 valence electrons. The number of ether oxygens (including phenoxy) is 1. The zero-order chi connectivity index (χ0) is 22.9. The fraction of sp³-hybridized carbons (Fsp3) is 0.231. The van der Waals surface area contributed by atoms with E-state index >= 15 is 0 Å². The summed E-state index contributed by atoms with van der Waals surface area (Å²) in [5.74, 6) is -0.355. The maximum absolute atomic E-state index is 13.4. The van der Waals surface area contributed by atoms with Crippen LogP contribution in [0.5, 0.6) is 5.75 Å². The molecule has 1 unspecified atom stereocenters. The molecule has 1 N–H and O–H groups in total. The summed E-state index contributed by atoms with van der Waals surface area (Å²) in [5.41, 5.74) is 2.56. The topological polar surface area (TPSA) is 58.6 Å². The molecule has 3 aromatic rings. The van der Waals surface area contributed by atoms with Crippen LogP contribution < -0.4 is 10.1 Å². The molecule has 0 saturated carbocycles. The van der Waals surface area contributed by atoms with Crippen LogP contribution in [-0.2, 0) is 22.6 Å². The number of halogens is 1. The third-order valence-electron chi connectivity index (χ3n) is 5.23. The third-order valence-corrected chi connectivity index (χ3v) is 5.23. The number of nitrogens with one attached hydrogen (secondary N) is 1. The number of likely N-dealkylation sites (N-methyl/N-ethyl adjacent to an activating group) is 1. The molecule has 5 nitrogen and oxygen atoms in total. The molecule has 0 aliphatic heterocycles. The molecule has 0 heterocycles. The van der Waals surface area contributed by atoms with Gasteiger partial charge < -0.3 is 15.0 Å². The minimum atomic E-state index is -0.750. The van der Waals surface area contributed by atoms with E-state index in [0.29, 0.717) is 12.2 Å². The molecule has 2 amide bonds. The lowest BCUT2D eigenvalue weighted by molar-refractivity contribution is -0.142. The smallest absolute Gasteiger partial charge is 0.261 e. The van der Waals surface area contributed by atoms with E-state index in [9.17, 15) is 14.0 Å². The SMILES string of the molecule is CNC(=O)C(Cc1ccccc1)N(Cc1ccc(F)cc1)C(=O)COc1ccccc1C. The van der Waals surface area contributed by atoms with Crippen molar-refractivity contribution < 1.29 is 18.7 Å². The van der Waals surface area contributed by atoms with Gasteiger partial charge in [-0.25, -0.2) is 4.39 Å². The number of nitrogens with zero attached hydrogens (tertiary/aromatic N) is 1. The van der Waals surface area contributed by atoms with E-state index in [1.54, 1.807) is 25.2 Å². The number of aryl methyl sites for hydroxylation is 1. The Morgan fingerprint density at radius 3 is 2.25 bits per heavy atom. The van der Waals surface area contributed by atoms with Crippen LogP contribution in [0, 0.1) is 12.7 Å². The highest BCUT2D eigenvalue weighted by Gasteiger charge is 2.30. The van der Waals surface area contributed by atoms with Crippen LogP contribution in [0.15, 0.2) is 78.9 Å². The van der Waals surface area contributed by atoms with E-state index < -0.39 is 6.04 Å². The normalized spacial score (nSPS) is 11.5. The first-order valence-electron chi connectivity index (χ1n) is 10.5. The number of carbonyl (C=O) groups is 2. The van der Waals surface area contributed by atoms with E-state index in [-0.39, 0.29) is 30.8 Å². The molecule has 3 aromatic carbocycles. The number of amides is 2. The summed E-state index contributed by atoms with van der Waals surface area (Å²) >= 11 is 0. The van der Waals surface area contributed by atoms with Crippen LogP contribution in [0.4, 0.5) is 4.39 Å². The van der Waals surface area contributed by atoms with Crippen LogP contribution in [0.3, 0.4) is 0 Å². The van der Waals surface area contributed by atoms with Gasteiger partial charge in [-0.2, -0.15) is 0 Å². The molecule has 0 aliphatic carbocycles. The van der Waals surface area contributed by atoms with Crippen LogP contribution in [-0.4, -0.2) is 36.4 Å². The fourth-order valence-electron chi connectivity index (χ4n) is 3.45. The van der Waals surface area contributed by atoms with E-state index in [1.807, 2.05) is 55.5 Å². The first-order valence-corrected chi connectivity index (χ1v) is 10.5. The van der Waals surface area contributed by atoms with Gasteiger partial charge >= 0.3 is 0 Å². The molecular formula is C26H27FN2O3. The van der Waals surface area contributed by atoms with Gasteiger partial charge in [-0.3, -0.25) is 9.59 Å². The monoisotopic (exact) mass is 434 g/mol. The molecular weight excluding hydrogens is 407 g/mol. The average molecular weight is 435 g/mol. The molecule has 0 aliphatic rings. The fourth-order valence-corrected chi connectivity index (χ4v) is 3.45. The first kappa shape index (κ1) is 23.0. The van der Waals surface area contributed by atoms with Gasteiger partial charge in [-0.05, 0) is 41.8 Å². The van der Waals surface area contributed by atoms with Crippen molar-refractivity contribution in [1.29, 1.82) is 0 Å². The number of rotatable bonds is 9. The Morgan fingerprint density at radius 1 is 0.938 bits per heavy atom. The zero-order valence-electron chi connectivity index (χ0n) is 18.3. The van der Waals surface area contributed by atoms with Gasteiger partial charge in [0.15, 0.2) is 6.61 Å². The van der Waals surface area contributed by atoms with Gasteiger partial charge in [0.2, 0.25) is 5.91 Å². The summed E-state index contributed by atoms with van der Waals surface area (Å²) < 4.78 is 19.2. The van der Waals surface area contributed by atoms with Crippen LogP contribution >= 0.6 is 0 Å². The third kappa shape index (κ3) is 6.17. The van der Waals surface area contributed by atoms with E-state index in [2.05, 4.69) is 5.32 Å². The van der Waals surface area contributed by atoms with Crippen molar-refractivity contribution in [2.24, 2.45) is 0 Å². The quantitative estimate of drug-likeness (QED) is 0.556. The maximum atomic E-state index is 13.4. The van der Waals surface area contributed by atoms with Gasteiger partial charge in [0.05, 0.1) is 0 Å². The van der Waals surface area contributed by atoms with Crippen molar-refractivity contribution in [3.63, 3.8) is 0 Å². The minimum absolute atomic E-state index is 0.154. The summed E-state index contributed by atoms with van der Waals surface area (Å²) in [6, 6.07) is 22.1. The standard InChI is InChI=1S/C26H27FN2O3/c1-19-8-6-7-11-24(19)32-18-25(30)29(17-21-12-14-22(27)15-13-21)23(26(31)28-2)16-20-9-4-3-5-10-20/h3-15,23H,16-18H2,1-2H3,(H,28,31). The zero-order valence-corrected chi connectivity index (χ0v) is 18.3. The Hall–Kier alpha value is -3.67. The van der Waals surface area contributed by atoms with Crippen molar-refractivity contribution in [2.75, 3.05) is 13.7 Å². The number of hydrogen-bond donors (Lipinski definition) is 1. The van der Waals surface area contributed by atoms with E-state index in [0.717, 1.165) is 16.7 Å². The maximum Gasteiger partial charge on any atom is 0.261 e. The van der Waals surface area contributed by atoms with E-state index in [1.165, 1.54) is 17.0 Å². The predicted molar refractivity (Wildman–Crippen MR) is 122 cm³/mol. The van der Waals surface area contributed by atoms with Crippen molar-refractivity contribution in [1.82, 2.24) is 10.2 Å². The molecule has 6 heteroatoms. The first-order chi connectivity index (χ1) is 15.5. The van der Waals surface area contributed by atoms with Crippen LogP contribution in [0.25, 0.3) is 0 Å². The molecule has 0 bridgehead atoms. The summed E-state index contributed by atoms with van der Waals surface area (Å²) in [4.78, 5) is 27.6. The lowest BCUT2D eigenvalue weighted by atomic mass is 10.0. The second-order valence-electron chi connectivity index (χ2n) is 7.52.